The molecule has 0 spiro atoms. The normalized spacial score (nSPS) is 12.5. The lowest BCUT2D eigenvalue weighted by atomic mass is 9.85. The molecule has 1 atom stereocenters. The van der Waals surface area contributed by atoms with Crippen molar-refractivity contribution in [2.24, 2.45) is 0 Å². The van der Waals surface area contributed by atoms with Gasteiger partial charge in [0, 0.05) is 12.1 Å². The second-order valence-electron chi connectivity index (χ2n) is 6.71. The maximum Gasteiger partial charge on any atom is 0.313 e. The van der Waals surface area contributed by atoms with Crippen LogP contribution in [-0.4, -0.2) is 17.0 Å². The molecule has 2 N–H and O–H groups in total. The number of rotatable bonds is 6. The van der Waals surface area contributed by atoms with Crippen molar-refractivity contribution in [2.75, 3.05) is 5.32 Å². The summed E-state index contributed by atoms with van der Waals surface area (Å²) in [6.45, 7) is 5.17. The van der Waals surface area contributed by atoms with Crippen LogP contribution in [0, 0.1) is 5.82 Å². The van der Waals surface area contributed by atoms with Crippen molar-refractivity contribution in [1.82, 2.24) is 0 Å². The van der Waals surface area contributed by atoms with E-state index in [0.29, 0.717) is 11.3 Å². The lowest BCUT2D eigenvalue weighted by molar-refractivity contribution is -0.142. The Balaban J connectivity index is 1.98. The van der Waals surface area contributed by atoms with Crippen LogP contribution in [0.25, 0.3) is 0 Å². The summed E-state index contributed by atoms with van der Waals surface area (Å²) in [4.78, 5) is 23.4. The molecule has 4 nitrogen and oxygen atoms in total. The number of anilines is 1. The SMILES string of the molecule is CC(CC(=O)Nc1ccc(C(C)(C)C(=O)O)cc1)c1ccc(F)cc1. The summed E-state index contributed by atoms with van der Waals surface area (Å²) < 4.78 is 13.0. The standard InChI is InChI=1S/C20H22FNO3/c1-13(14-4-8-16(21)9-5-14)12-18(23)22-17-10-6-15(7-11-17)20(2,3)19(24)25/h4-11,13H,12H2,1-3H3,(H,22,23)(H,24,25). The zero-order chi connectivity index (χ0) is 18.6. The molecule has 0 saturated carbocycles. The molecule has 0 fully saturated rings. The van der Waals surface area contributed by atoms with Crippen LogP contribution < -0.4 is 5.32 Å². The lowest BCUT2D eigenvalue weighted by Crippen LogP contribution is -2.28. The molecule has 2 rings (SSSR count). The van der Waals surface area contributed by atoms with Gasteiger partial charge in [-0.05, 0) is 55.2 Å². The Bertz CT molecular complexity index is 752. The number of nitrogens with one attached hydrogen (secondary N) is 1. The fraction of sp³-hybridized carbons (Fsp3) is 0.300. The zero-order valence-electron chi connectivity index (χ0n) is 14.5. The number of halogens is 1. The van der Waals surface area contributed by atoms with Gasteiger partial charge in [0.25, 0.3) is 0 Å². The summed E-state index contributed by atoms with van der Waals surface area (Å²) in [5.41, 5.74) is 1.19. The first-order valence-corrected chi connectivity index (χ1v) is 8.09. The molecule has 0 heterocycles. The van der Waals surface area contributed by atoms with Crippen molar-refractivity contribution in [3.63, 3.8) is 0 Å². The molecule has 0 radical (unpaired) electrons. The van der Waals surface area contributed by atoms with Gasteiger partial charge in [0.2, 0.25) is 5.91 Å². The Labute approximate surface area is 146 Å². The van der Waals surface area contributed by atoms with E-state index >= 15 is 0 Å². The van der Waals surface area contributed by atoms with E-state index in [4.69, 9.17) is 0 Å². The highest BCUT2D eigenvalue weighted by Crippen LogP contribution is 2.25. The average molecular weight is 343 g/mol. The van der Waals surface area contributed by atoms with Gasteiger partial charge in [-0.3, -0.25) is 9.59 Å². The van der Waals surface area contributed by atoms with Crippen LogP contribution in [-0.2, 0) is 15.0 Å². The minimum atomic E-state index is -0.986. The van der Waals surface area contributed by atoms with Crippen molar-refractivity contribution in [3.05, 3.63) is 65.5 Å². The molecular formula is C20H22FNO3. The molecule has 1 unspecified atom stereocenters. The van der Waals surface area contributed by atoms with Gasteiger partial charge in [0.15, 0.2) is 0 Å². The van der Waals surface area contributed by atoms with E-state index in [1.807, 2.05) is 6.92 Å². The molecule has 0 saturated heterocycles. The first kappa shape index (κ1) is 18.6. The highest BCUT2D eigenvalue weighted by Gasteiger charge is 2.29. The van der Waals surface area contributed by atoms with E-state index in [0.717, 1.165) is 5.56 Å². The van der Waals surface area contributed by atoms with Gasteiger partial charge >= 0.3 is 5.97 Å². The van der Waals surface area contributed by atoms with Gasteiger partial charge in [0.05, 0.1) is 5.41 Å². The predicted molar refractivity (Wildman–Crippen MR) is 95.2 cm³/mol. The van der Waals surface area contributed by atoms with E-state index in [9.17, 15) is 19.1 Å². The average Bonchev–Trinajstić information content (AvgIpc) is 2.55. The largest absolute Gasteiger partial charge is 0.481 e. The van der Waals surface area contributed by atoms with Crippen LogP contribution in [0.2, 0.25) is 0 Å². The second-order valence-corrected chi connectivity index (χ2v) is 6.71. The van der Waals surface area contributed by atoms with Crippen LogP contribution in [0.5, 0.6) is 0 Å². The second kappa shape index (κ2) is 7.47. The van der Waals surface area contributed by atoms with Crippen LogP contribution in [0.1, 0.15) is 44.2 Å². The Kier molecular flexibility index (Phi) is 5.57. The monoisotopic (exact) mass is 343 g/mol. The van der Waals surface area contributed by atoms with Gasteiger partial charge in [0.1, 0.15) is 5.82 Å². The summed E-state index contributed by atoms with van der Waals surface area (Å²) in [5.74, 6) is -1.39. The molecule has 0 aromatic heterocycles. The van der Waals surface area contributed by atoms with Crippen molar-refractivity contribution in [3.8, 4) is 0 Å². The van der Waals surface area contributed by atoms with Gasteiger partial charge in [-0.2, -0.15) is 0 Å². The molecule has 132 valence electrons. The van der Waals surface area contributed by atoms with Crippen LogP contribution >= 0.6 is 0 Å². The van der Waals surface area contributed by atoms with Gasteiger partial charge in [-0.15, -0.1) is 0 Å². The van der Waals surface area contributed by atoms with Crippen molar-refractivity contribution in [1.29, 1.82) is 0 Å². The summed E-state index contributed by atoms with van der Waals surface area (Å²) >= 11 is 0. The van der Waals surface area contributed by atoms with E-state index < -0.39 is 11.4 Å². The summed E-state index contributed by atoms with van der Waals surface area (Å²) in [5, 5.41) is 12.0. The molecule has 0 aliphatic rings. The molecule has 0 aliphatic carbocycles. The third kappa shape index (κ3) is 4.66. The summed E-state index contributed by atoms with van der Waals surface area (Å²) in [6.07, 6.45) is 0.272. The number of hydrogen-bond donors (Lipinski definition) is 2. The maximum atomic E-state index is 13.0. The highest BCUT2D eigenvalue weighted by molar-refractivity contribution is 5.91. The third-order valence-corrected chi connectivity index (χ3v) is 4.36. The summed E-state index contributed by atoms with van der Waals surface area (Å²) in [6, 6.07) is 12.9. The number of aliphatic carboxylic acids is 1. The Morgan fingerprint density at radius 2 is 1.64 bits per heavy atom. The Morgan fingerprint density at radius 1 is 1.08 bits per heavy atom. The smallest absolute Gasteiger partial charge is 0.313 e. The van der Waals surface area contributed by atoms with E-state index in [2.05, 4.69) is 5.32 Å². The lowest BCUT2D eigenvalue weighted by Gasteiger charge is -2.20. The number of carbonyl (C=O) groups is 2. The highest BCUT2D eigenvalue weighted by atomic mass is 19.1. The topological polar surface area (TPSA) is 66.4 Å². The molecular weight excluding hydrogens is 321 g/mol. The van der Waals surface area contributed by atoms with Crippen LogP contribution in [0.4, 0.5) is 10.1 Å². The number of carbonyl (C=O) groups excluding carboxylic acids is 1. The fourth-order valence-electron chi connectivity index (χ4n) is 2.49. The molecule has 0 bridgehead atoms. The zero-order valence-corrected chi connectivity index (χ0v) is 14.5. The van der Waals surface area contributed by atoms with Gasteiger partial charge in [-0.25, -0.2) is 4.39 Å². The van der Waals surface area contributed by atoms with E-state index in [-0.39, 0.29) is 24.1 Å². The molecule has 25 heavy (non-hydrogen) atoms. The quantitative estimate of drug-likeness (QED) is 0.821. The van der Waals surface area contributed by atoms with Crippen LogP contribution in [0.3, 0.4) is 0 Å². The summed E-state index contributed by atoms with van der Waals surface area (Å²) in [7, 11) is 0. The van der Waals surface area contributed by atoms with Crippen molar-refractivity contribution < 1.29 is 19.1 Å². The maximum absolute atomic E-state index is 13.0. The molecule has 2 aromatic rings. The van der Waals surface area contributed by atoms with E-state index in [1.54, 1.807) is 50.2 Å². The number of amides is 1. The predicted octanol–water partition coefficient (Wildman–Crippen LogP) is 4.32. The first-order valence-electron chi connectivity index (χ1n) is 8.09. The Hall–Kier alpha value is -2.69. The van der Waals surface area contributed by atoms with Gasteiger partial charge < -0.3 is 10.4 Å². The fourth-order valence-corrected chi connectivity index (χ4v) is 2.49. The minimum Gasteiger partial charge on any atom is -0.481 e. The number of hydrogen-bond acceptors (Lipinski definition) is 2. The third-order valence-electron chi connectivity index (χ3n) is 4.36. The van der Waals surface area contributed by atoms with Crippen LogP contribution in [0.15, 0.2) is 48.5 Å². The van der Waals surface area contributed by atoms with Crippen molar-refractivity contribution in [2.45, 2.75) is 38.5 Å². The molecule has 0 aliphatic heterocycles. The number of carboxylic acid groups (broad SMARTS) is 1. The van der Waals surface area contributed by atoms with E-state index in [1.165, 1.54) is 12.1 Å². The number of benzene rings is 2. The number of carboxylic acids is 1. The molecule has 5 heteroatoms. The molecule has 2 aromatic carbocycles. The minimum absolute atomic E-state index is 0.0363. The first-order chi connectivity index (χ1) is 11.7. The Morgan fingerprint density at radius 3 is 2.16 bits per heavy atom. The molecule has 1 amide bonds. The van der Waals surface area contributed by atoms with Crippen molar-refractivity contribution >= 4 is 17.6 Å². The van der Waals surface area contributed by atoms with Gasteiger partial charge in [-0.1, -0.05) is 31.2 Å².